The van der Waals surface area contributed by atoms with Crippen molar-refractivity contribution in [2.45, 2.75) is 0 Å². The normalized spacial score (nSPS) is 14.7. The molecule has 2 rings (SSSR count). The molecule has 0 aliphatic carbocycles. The third-order valence-corrected chi connectivity index (χ3v) is 1.59. The molecule has 1 aromatic rings. The third kappa shape index (κ3) is 0.618. The summed E-state index contributed by atoms with van der Waals surface area (Å²) in [6.45, 7) is 0.827. The molecule has 10 heavy (non-hydrogen) atoms. The number of fused-ring (bicyclic) bond motifs is 1. The van der Waals surface area contributed by atoms with Gasteiger partial charge in [0.2, 0.25) is 0 Å². The molecule has 0 spiro atoms. The number of anilines is 2. The summed E-state index contributed by atoms with van der Waals surface area (Å²) >= 11 is 0. The van der Waals surface area contributed by atoms with Crippen LogP contribution < -0.4 is 10.2 Å². The number of hydrogen-bond donors (Lipinski definition) is 1. The minimum atomic E-state index is 0.827. The lowest BCUT2D eigenvalue weighted by Gasteiger charge is -2.06. The second-order valence-electron chi connectivity index (χ2n) is 2.29. The molecule has 0 fully saturated rings. The average molecular weight is 136 g/mol. The van der Waals surface area contributed by atoms with Crippen LogP contribution in [0, 0.1) is 0 Å². The fourth-order valence-corrected chi connectivity index (χ4v) is 1.02. The van der Waals surface area contributed by atoms with Crippen LogP contribution in [0.2, 0.25) is 0 Å². The Morgan fingerprint density at radius 2 is 2.60 bits per heavy atom. The zero-order valence-corrected chi connectivity index (χ0v) is 5.70. The van der Waals surface area contributed by atoms with E-state index in [-0.39, 0.29) is 0 Å². The first-order valence-corrected chi connectivity index (χ1v) is 3.13. The molecule has 4 heteroatoms. The minimum absolute atomic E-state index is 0.827. The Kier molecular flexibility index (Phi) is 1.00. The maximum Gasteiger partial charge on any atom is 0.154 e. The summed E-state index contributed by atoms with van der Waals surface area (Å²) in [7, 11) is 2.00. The van der Waals surface area contributed by atoms with Crippen LogP contribution in [-0.4, -0.2) is 23.7 Å². The molecule has 52 valence electrons. The second kappa shape index (κ2) is 1.83. The van der Waals surface area contributed by atoms with Crippen LogP contribution in [0.15, 0.2) is 12.5 Å². The van der Waals surface area contributed by atoms with E-state index in [2.05, 4.69) is 20.2 Å². The van der Waals surface area contributed by atoms with Crippen LogP contribution in [0.3, 0.4) is 0 Å². The Labute approximate surface area is 58.9 Å². The maximum absolute atomic E-state index is 4.05. The third-order valence-electron chi connectivity index (χ3n) is 1.59. The molecule has 0 atom stereocenters. The molecule has 0 amide bonds. The van der Waals surface area contributed by atoms with E-state index in [0.717, 1.165) is 18.2 Å². The highest BCUT2D eigenvalue weighted by molar-refractivity contribution is 5.68. The van der Waals surface area contributed by atoms with Crippen LogP contribution in [0.1, 0.15) is 0 Å². The molecule has 2 heterocycles. The first-order valence-electron chi connectivity index (χ1n) is 3.13. The monoisotopic (exact) mass is 136 g/mol. The fraction of sp³-hybridized carbons (Fsp3) is 0.333. The quantitative estimate of drug-likeness (QED) is 0.556. The van der Waals surface area contributed by atoms with Crippen molar-refractivity contribution in [2.75, 3.05) is 23.9 Å². The zero-order chi connectivity index (χ0) is 6.97. The summed E-state index contributed by atoms with van der Waals surface area (Å²) in [4.78, 5) is 10.0. The Morgan fingerprint density at radius 3 is 3.40 bits per heavy atom. The highest BCUT2D eigenvalue weighted by Crippen LogP contribution is 2.24. The van der Waals surface area contributed by atoms with Crippen molar-refractivity contribution < 1.29 is 0 Å². The molecular weight excluding hydrogens is 128 g/mol. The lowest BCUT2D eigenvalue weighted by atomic mass is 10.5. The summed E-state index contributed by atoms with van der Waals surface area (Å²) in [6.07, 6.45) is 3.35. The van der Waals surface area contributed by atoms with E-state index < -0.39 is 0 Å². The van der Waals surface area contributed by atoms with Gasteiger partial charge in [0.05, 0.1) is 18.6 Å². The lowest BCUT2D eigenvalue weighted by molar-refractivity contribution is 1.03. The molecule has 0 radical (unpaired) electrons. The molecule has 0 aromatic carbocycles. The van der Waals surface area contributed by atoms with Crippen molar-refractivity contribution in [1.82, 2.24) is 9.97 Å². The summed E-state index contributed by atoms with van der Waals surface area (Å²) in [5, 5.41) is 3.12. The van der Waals surface area contributed by atoms with Crippen molar-refractivity contribution in [3.8, 4) is 0 Å². The molecule has 1 aliphatic rings. The minimum Gasteiger partial charge on any atom is -0.353 e. The predicted molar refractivity (Wildman–Crippen MR) is 38.9 cm³/mol. The fourth-order valence-electron chi connectivity index (χ4n) is 1.02. The molecule has 1 N–H and O–H groups in total. The zero-order valence-electron chi connectivity index (χ0n) is 5.70. The standard InChI is InChI=1S/C6H8N4/c1-10-4-9-6-5(10)2-7-3-8-6/h2-3H,4H2,1H3,(H,7,8,9). The van der Waals surface area contributed by atoms with Gasteiger partial charge < -0.3 is 10.2 Å². The van der Waals surface area contributed by atoms with Gasteiger partial charge in [0.25, 0.3) is 0 Å². The molecule has 0 saturated heterocycles. The molecule has 0 unspecified atom stereocenters. The van der Waals surface area contributed by atoms with Gasteiger partial charge in [-0.15, -0.1) is 0 Å². The molecular formula is C6H8N4. The van der Waals surface area contributed by atoms with Gasteiger partial charge in [0, 0.05) is 7.05 Å². The summed E-state index contributed by atoms with van der Waals surface area (Å²) < 4.78 is 0. The molecule has 1 aromatic heterocycles. The molecule has 0 bridgehead atoms. The van der Waals surface area contributed by atoms with Crippen LogP contribution >= 0.6 is 0 Å². The van der Waals surface area contributed by atoms with Gasteiger partial charge in [0.1, 0.15) is 6.33 Å². The Bertz CT molecular complexity index is 247. The number of nitrogens with one attached hydrogen (secondary N) is 1. The van der Waals surface area contributed by atoms with Crippen LogP contribution in [0.4, 0.5) is 11.5 Å². The summed E-state index contributed by atoms with van der Waals surface area (Å²) in [5.41, 5.74) is 1.07. The van der Waals surface area contributed by atoms with Gasteiger partial charge in [0.15, 0.2) is 5.82 Å². The van der Waals surface area contributed by atoms with E-state index in [1.807, 2.05) is 13.2 Å². The molecule has 4 nitrogen and oxygen atoms in total. The highest BCUT2D eigenvalue weighted by atomic mass is 15.3. The number of rotatable bonds is 0. The SMILES string of the molecule is CN1CNc2ncncc21. The first kappa shape index (κ1) is 5.46. The van der Waals surface area contributed by atoms with Crippen molar-refractivity contribution in [3.63, 3.8) is 0 Å². The topological polar surface area (TPSA) is 41.0 Å². The van der Waals surface area contributed by atoms with Gasteiger partial charge in [-0.2, -0.15) is 0 Å². The van der Waals surface area contributed by atoms with Crippen LogP contribution in [0.5, 0.6) is 0 Å². The number of nitrogens with zero attached hydrogens (tertiary/aromatic N) is 3. The van der Waals surface area contributed by atoms with E-state index >= 15 is 0 Å². The van der Waals surface area contributed by atoms with Crippen molar-refractivity contribution >= 4 is 11.5 Å². The number of aromatic nitrogens is 2. The Balaban J connectivity index is 2.51. The van der Waals surface area contributed by atoms with Gasteiger partial charge >= 0.3 is 0 Å². The van der Waals surface area contributed by atoms with Crippen molar-refractivity contribution in [3.05, 3.63) is 12.5 Å². The Hall–Kier alpha value is -1.32. The maximum atomic E-state index is 4.05. The van der Waals surface area contributed by atoms with E-state index in [4.69, 9.17) is 0 Å². The lowest BCUT2D eigenvalue weighted by Crippen LogP contribution is -2.15. The number of hydrogen-bond acceptors (Lipinski definition) is 4. The van der Waals surface area contributed by atoms with Gasteiger partial charge in [-0.3, -0.25) is 0 Å². The first-order chi connectivity index (χ1) is 4.88. The molecule has 1 aliphatic heterocycles. The van der Waals surface area contributed by atoms with E-state index in [0.29, 0.717) is 0 Å². The van der Waals surface area contributed by atoms with Crippen LogP contribution in [-0.2, 0) is 0 Å². The largest absolute Gasteiger partial charge is 0.353 e. The van der Waals surface area contributed by atoms with Gasteiger partial charge in [-0.1, -0.05) is 0 Å². The average Bonchev–Trinajstić information content (AvgIpc) is 2.34. The summed E-state index contributed by atoms with van der Waals surface area (Å²) in [6, 6.07) is 0. The Morgan fingerprint density at radius 1 is 1.70 bits per heavy atom. The highest BCUT2D eigenvalue weighted by Gasteiger charge is 2.14. The predicted octanol–water partition coefficient (Wildman–Crippen LogP) is 0.296. The summed E-state index contributed by atoms with van der Waals surface area (Å²) in [5.74, 6) is 0.928. The van der Waals surface area contributed by atoms with E-state index in [1.54, 1.807) is 6.33 Å². The van der Waals surface area contributed by atoms with Crippen molar-refractivity contribution in [2.24, 2.45) is 0 Å². The van der Waals surface area contributed by atoms with E-state index in [9.17, 15) is 0 Å². The van der Waals surface area contributed by atoms with Gasteiger partial charge in [-0.25, -0.2) is 9.97 Å². The van der Waals surface area contributed by atoms with Gasteiger partial charge in [-0.05, 0) is 0 Å². The van der Waals surface area contributed by atoms with E-state index in [1.165, 1.54) is 0 Å². The van der Waals surface area contributed by atoms with Crippen LogP contribution in [0.25, 0.3) is 0 Å². The molecule has 0 saturated carbocycles. The smallest absolute Gasteiger partial charge is 0.154 e. The second-order valence-corrected chi connectivity index (χ2v) is 2.29. The van der Waals surface area contributed by atoms with Crippen molar-refractivity contribution in [1.29, 1.82) is 0 Å².